The van der Waals surface area contributed by atoms with Crippen molar-refractivity contribution in [3.63, 3.8) is 0 Å². The van der Waals surface area contributed by atoms with Gasteiger partial charge in [-0.25, -0.2) is 0 Å². The van der Waals surface area contributed by atoms with E-state index in [0.29, 0.717) is 0 Å². The van der Waals surface area contributed by atoms with Crippen molar-refractivity contribution < 1.29 is 0 Å². The van der Waals surface area contributed by atoms with Crippen molar-refractivity contribution >= 4 is 11.6 Å². The lowest BCUT2D eigenvalue weighted by Gasteiger charge is -2.37. The Kier molecular flexibility index (Phi) is 7.07. The van der Waals surface area contributed by atoms with Gasteiger partial charge in [-0.1, -0.05) is 12.1 Å². The molecule has 0 atom stereocenters. The van der Waals surface area contributed by atoms with Crippen molar-refractivity contribution in [2.75, 3.05) is 44.2 Å². The fourth-order valence-electron chi connectivity index (χ4n) is 3.36. The molecule has 2 aromatic rings. The second-order valence-corrected chi connectivity index (χ2v) is 6.96. The highest BCUT2D eigenvalue weighted by molar-refractivity contribution is 5.80. The van der Waals surface area contributed by atoms with E-state index in [1.54, 1.807) is 12.7 Å². The molecule has 27 heavy (non-hydrogen) atoms. The smallest absolute Gasteiger partial charge is 0.194 e. The molecule has 0 radical (unpaired) electrons. The zero-order chi connectivity index (χ0) is 18.9. The number of rotatable bonds is 7. The minimum atomic E-state index is 0.850. The van der Waals surface area contributed by atoms with Crippen molar-refractivity contribution in [3.05, 3.63) is 42.5 Å². The average Bonchev–Trinajstić information content (AvgIpc) is 3.21. The molecular weight excluding hydrogens is 338 g/mol. The van der Waals surface area contributed by atoms with Crippen LogP contribution >= 0.6 is 0 Å². The Bertz CT molecular complexity index is 703. The lowest BCUT2D eigenvalue weighted by atomic mass is 10.2. The molecule has 0 spiro atoms. The Balaban J connectivity index is 1.46. The number of hydrogen-bond donors (Lipinski definition) is 1. The number of anilines is 1. The van der Waals surface area contributed by atoms with Gasteiger partial charge < -0.3 is 19.7 Å². The monoisotopic (exact) mass is 369 g/mol. The number of hydrogen-bond acceptors (Lipinski definition) is 4. The molecule has 1 aliphatic heterocycles. The third-order valence-corrected chi connectivity index (χ3v) is 4.83. The van der Waals surface area contributed by atoms with Gasteiger partial charge in [-0.3, -0.25) is 4.99 Å². The first-order valence-electron chi connectivity index (χ1n) is 9.93. The van der Waals surface area contributed by atoms with Crippen molar-refractivity contribution in [3.8, 4) is 0 Å². The predicted octanol–water partition coefficient (Wildman–Crippen LogP) is 2.15. The van der Waals surface area contributed by atoms with Crippen molar-refractivity contribution in [1.29, 1.82) is 0 Å². The Morgan fingerprint density at radius 3 is 2.59 bits per heavy atom. The minimum absolute atomic E-state index is 0.850. The third-order valence-electron chi connectivity index (χ3n) is 4.83. The summed E-state index contributed by atoms with van der Waals surface area (Å²) in [6.07, 6.45) is 5.68. The van der Waals surface area contributed by atoms with Crippen molar-refractivity contribution in [1.82, 2.24) is 25.0 Å². The van der Waals surface area contributed by atoms with E-state index in [2.05, 4.69) is 63.4 Å². The van der Waals surface area contributed by atoms with Crippen LogP contribution in [0.2, 0.25) is 0 Å². The van der Waals surface area contributed by atoms with Crippen LogP contribution in [0.4, 0.5) is 5.69 Å². The molecule has 7 nitrogen and oxygen atoms in total. The number of piperazine rings is 1. The number of nitrogens with one attached hydrogen (secondary N) is 1. The third kappa shape index (κ3) is 5.70. The molecule has 3 rings (SSSR count). The van der Waals surface area contributed by atoms with Crippen LogP contribution in [0.3, 0.4) is 0 Å². The topological polar surface area (TPSA) is 61.6 Å². The number of benzene rings is 1. The van der Waals surface area contributed by atoms with Gasteiger partial charge in [-0.15, -0.1) is 10.2 Å². The Labute approximate surface area is 162 Å². The van der Waals surface area contributed by atoms with E-state index in [1.165, 1.54) is 11.3 Å². The van der Waals surface area contributed by atoms with Gasteiger partial charge in [0, 0.05) is 51.5 Å². The van der Waals surface area contributed by atoms with E-state index in [0.717, 1.165) is 64.6 Å². The highest BCUT2D eigenvalue weighted by Gasteiger charge is 2.19. The summed E-state index contributed by atoms with van der Waals surface area (Å²) in [5.74, 6) is 1.05. The van der Waals surface area contributed by atoms with Crippen LogP contribution in [-0.2, 0) is 6.54 Å². The zero-order valence-electron chi connectivity index (χ0n) is 16.5. The van der Waals surface area contributed by atoms with E-state index < -0.39 is 0 Å². The summed E-state index contributed by atoms with van der Waals surface area (Å²) in [7, 11) is 0. The molecule has 1 fully saturated rings. The van der Waals surface area contributed by atoms with Gasteiger partial charge in [0.25, 0.3) is 0 Å². The quantitative estimate of drug-likeness (QED) is 0.460. The molecule has 0 bridgehead atoms. The van der Waals surface area contributed by atoms with E-state index in [9.17, 15) is 0 Å². The van der Waals surface area contributed by atoms with Crippen LogP contribution in [0.25, 0.3) is 0 Å². The maximum absolute atomic E-state index is 4.84. The first-order chi connectivity index (χ1) is 13.3. The van der Waals surface area contributed by atoms with Crippen LogP contribution in [0.15, 0.2) is 41.9 Å². The van der Waals surface area contributed by atoms with Crippen LogP contribution < -0.4 is 10.2 Å². The molecule has 1 saturated heterocycles. The van der Waals surface area contributed by atoms with Crippen molar-refractivity contribution in [2.24, 2.45) is 4.99 Å². The molecule has 7 heteroatoms. The second-order valence-electron chi connectivity index (χ2n) is 6.96. The van der Waals surface area contributed by atoms with Gasteiger partial charge in [-0.2, -0.15) is 0 Å². The number of aromatic nitrogens is 3. The fraction of sp³-hybridized carbons (Fsp3) is 0.550. The molecule has 1 N–H and O–H groups in total. The van der Waals surface area contributed by atoms with E-state index in [4.69, 9.17) is 4.99 Å². The summed E-state index contributed by atoms with van der Waals surface area (Å²) in [5, 5.41) is 11.1. The van der Waals surface area contributed by atoms with Gasteiger partial charge >= 0.3 is 0 Å². The van der Waals surface area contributed by atoms with Crippen LogP contribution in [0, 0.1) is 6.92 Å². The van der Waals surface area contributed by atoms with Crippen molar-refractivity contribution in [2.45, 2.75) is 33.2 Å². The standard InChI is InChI=1S/C20H31N7/c1-3-21-20(22-9-4-5-10-25-16-23-24-17-25)27-13-11-26(12-14-27)19-8-6-7-18(2)15-19/h6-8,15-17H,3-5,9-14H2,1-2H3,(H,21,22). The van der Waals surface area contributed by atoms with Crippen LogP contribution in [0.5, 0.6) is 0 Å². The van der Waals surface area contributed by atoms with Crippen LogP contribution in [-0.4, -0.2) is 64.9 Å². The summed E-state index contributed by atoms with van der Waals surface area (Å²) in [6, 6.07) is 8.77. The summed E-state index contributed by atoms with van der Waals surface area (Å²) in [5.41, 5.74) is 2.64. The SMILES string of the molecule is CCNC(=NCCCCn1cnnc1)N1CCN(c2cccc(C)c2)CC1. The number of aliphatic imine (C=N–C) groups is 1. The predicted molar refractivity (Wildman–Crippen MR) is 110 cm³/mol. The molecule has 1 aliphatic rings. The maximum atomic E-state index is 4.84. The summed E-state index contributed by atoms with van der Waals surface area (Å²) in [4.78, 5) is 9.69. The van der Waals surface area contributed by atoms with Gasteiger partial charge in [-0.05, 0) is 44.4 Å². The molecule has 146 valence electrons. The average molecular weight is 370 g/mol. The highest BCUT2D eigenvalue weighted by Crippen LogP contribution is 2.17. The Hall–Kier alpha value is -2.57. The normalized spacial score (nSPS) is 15.3. The first-order valence-corrected chi connectivity index (χ1v) is 9.93. The summed E-state index contributed by atoms with van der Waals surface area (Å²) < 4.78 is 2.01. The molecule has 0 saturated carbocycles. The Morgan fingerprint density at radius 2 is 1.89 bits per heavy atom. The maximum Gasteiger partial charge on any atom is 0.194 e. The lowest BCUT2D eigenvalue weighted by molar-refractivity contribution is 0.372. The first kappa shape index (κ1) is 19.2. The van der Waals surface area contributed by atoms with Gasteiger partial charge in [0.2, 0.25) is 0 Å². The molecule has 1 aromatic carbocycles. The van der Waals surface area contributed by atoms with E-state index in [-0.39, 0.29) is 0 Å². The van der Waals surface area contributed by atoms with Gasteiger partial charge in [0.15, 0.2) is 5.96 Å². The molecule has 2 heterocycles. The summed E-state index contributed by atoms with van der Waals surface area (Å²) in [6.45, 7) is 11.0. The number of aryl methyl sites for hydroxylation is 2. The van der Waals surface area contributed by atoms with Gasteiger partial charge in [0.05, 0.1) is 0 Å². The van der Waals surface area contributed by atoms with E-state index >= 15 is 0 Å². The number of guanidine groups is 1. The zero-order valence-corrected chi connectivity index (χ0v) is 16.5. The second kappa shape index (κ2) is 9.94. The molecule has 1 aromatic heterocycles. The largest absolute Gasteiger partial charge is 0.368 e. The number of nitrogens with zero attached hydrogens (tertiary/aromatic N) is 6. The minimum Gasteiger partial charge on any atom is -0.368 e. The molecule has 0 unspecified atom stereocenters. The van der Waals surface area contributed by atoms with E-state index in [1.807, 2.05) is 4.57 Å². The number of unbranched alkanes of at least 4 members (excludes halogenated alkanes) is 1. The van der Waals surface area contributed by atoms with Gasteiger partial charge in [0.1, 0.15) is 12.7 Å². The Morgan fingerprint density at radius 1 is 1.11 bits per heavy atom. The molecular formula is C20H31N7. The molecule has 0 aliphatic carbocycles. The lowest BCUT2D eigenvalue weighted by Crippen LogP contribution is -2.52. The van der Waals surface area contributed by atoms with Crippen LogP contribution in [0.1, 0.15) is 25.3 Å². The fourth-order valence-corrected chi connectivity index (χ4v) is 3.36. The highest BCUT2D eigenvalue weighted by atomic mass is 15.3. The molecule has 0 amide bonds. The summed E-state index contributed by atoms with van der Waals surface area (Å²) >= 11 is 0.